The van der Waals surface area contributed by atoms with Crippen molar-refractivity contribution in [2.75, 3.05) is 20.1 Å². The van der Waals surface area contributed by atoms with Gasteiger partial charge in [-0.2, -0.15) is 0 Å². The Hall–Kier alpha value is -0.470. The summed E-state index contributed by atoms with van der Waals surface area (Å²) in [6, 6.07) is 2.47. The first kappa shape index (κ1) is 15.4. The largest absolute Gasteiger partial charge is 0.310 e. The molecule has 0 radical (unpaired) electrons. The van der Waals surface area contributed by atoms with Gasteiger partial charge >= 0.3 is 0 Å². The van der Waals surface area contributed by atoms with Gasteiger partial charge in [0.2, 0.25) is 10.0 Å². The Morgan fingerprint density at radius 3 is 2.86 bits per heavy atom. The smallest absolute Gasteiger partial charge is 0.250 e. The third kappa shape index (κ3) is 4.26. The Bertz CT molecular complexity index is 581. The summed E-state index contributed by atoms with van der Waals surface area (Å²) in [5, 5.41) is 5.35. The highest BCUT2D eigenvalue weighted by Crippen LogP contribution is 2.23. The minimum Gasteiger partial charge on any atom is -0.310 e. The Balaban J connectivity index is 1.60. The van der Waals surface area contributed by atoms with Crippen molar-refractivity contribution >= 4 is 21.4 Å². The van der Waals surface area contributed by atoms with Crippen LogP contribution < -0.4 is 10.0 Å². The van der Waals surface area contributed by atoms with Crippen LogP contribution in [0.5, 0.6) is 0 Å². The topological polar surface area (TPSA) is 61.4 Å². The fraction of sp³-hybridized carbons (Fsp3) is 0.714. The molecule has 21 heavy (non-hydrogen) atoms. The minimum absolute atomic E-state index is 0.0314. The van der Waals surface area contributed by atoms with E-state index in [0.717, 1.165) is 38.0 Å². The maximum atomic E-state index is 12.4. The maximum absolute atomic E-state index is 12.4. The van der Waals surface area contributed by atoms with E-state index in [1.807, 2.05) is 12.4 Å². The molecule has 1 saturated carbocycles. The molecule has 1 atom stereocenters. The molecule has 7 heteroatoms. The second-order valence-corrected chi connectivity index (χ2v) is 9.00. The highest BCUT2D eigenvalue weighted by Gasteiger charge is 2.25. The Morgan fingerprint density at radius 1 is 1.33 bits per heavy atom. The zero-order valence-corrected chi connectivity index (χ0v) is 14.0. The molecule has 2 N–H and O–H groups in total. The number of thiophene rings is 1. The van der Waals surface area contributed by atoms with Gasteiger partial charge in [-0.25, -0.2) is 13.1 Å². The van der Waals surface area contributed by atoms with E-state index in [2.05, 4.69) is 14.9 Å². The highest BCUT2D eigenvalue weighted by atomic mass is 32.2. The summed E-state index contributed by atoms with van der Waals surface area (Å²) in [6.07, 6.45) is 4.45. The number of rotatable bonds is 6. The summed E-state index contributed by atoms with van der Waals surface area (Å²) < 4.78 is 28.1. The van der Waals surface area contributed by atoms with E-state index >= 15 is 0 Å². The second kappa shape index (κ2) is 6.34. The van der Waals surface area contributed by atoms with Crippen LogP contribution in [-0.2, 0) is 16.6 Å². The molecule has 1 aromatic rings. The third-order valence-electron chi connectivity index (χ3n) is 4.01. The van der Waals surface area contributed by atoms with Crippen molar-refractivity contribution in [3.63, 3.8) is 0 Å². The number of nitrogens with one attached hydrogen (secondary N) is 2. The van der Waals surface area contributed by atoms with E-state index in [4.69, 9.17) is 0 Å². The first-order valence-electron chi connectivity index (χ1n) is 7.54. The molecule has 0 aromatic carbocycles. The molecule has 0 spiro atoms. The quantitative estimate of drug-likeness (QED) is 0.828. The average molecular weight is 329 g/mol. The van der Waals surface area contributed by atoms with Gasteiger partial charge in [-0.15, -0.1) is 11.3 Å². The van der Waals surface area contributed by atoms with Crippen molar-refractivity contribution in [3.8, 4) is 0 Å². The molecule has 3 rings (SSSR count). The molecule has 1 aromatic heterocycles. The molecule has 2 aliphatic rings. The monoisotopic (exact) mass is 329 g/mol. The van der Waals surface area contributed by atoms with Crippen molar-refractivity contribution in [1.82, 2.24) is 14.9 Å². The van der Waals surface area contributed by atoms with Crippen molar-refractivity contribution in [1.29, 1.82) is 0 Å². The number of sulfonamides is 1. The number of hydrogen-bond donors (Lipinski definition) is 2. The summed E-state index contributed by atoms with van der Waals surface area (Å²) in [5.41, 5.74) is 1.06. The minimum atomic E-state index is -3.37. The van der Waals surface area contributed by atoms with Gasteiger partial charge in [-0.1, -0.05) is 0 Å². The Kier molecular flexibility index (Phi) is 4.66. The van der Waals surface area contributed by atoms with Crippen LogP contribution in [0, 0.1) is 0 Å². The van der Waals surface area contributed by atoms with E-state index in [9.17, 15) is 8.42 Å². The molecule has 5 nitrogen and oxygen atoms in total. The molecule has 0 bridgehead atoms. The fourth-order valence-electron chi connectivity index (χ4n) is 2.68. The molecule has 1 saturated heterocycles. The van der Waals surface area contributed by atoms with Crippen LogP contribution in [0.3, 0.4) is 0 Å². The summed E-state index contributed by atoms with van der Waals surface area (Å²) in [5.74, 6) is 0. The zero-order chi connectivity index (χ0) is 14.9. The Morgan fingerprint density at radius 2 is 2.14 bits per heavy atom. The first-order chi connectivity index (χ1) is 10.0. The molecular weight excluding hydrogens is 306 g/mol. The van der Waals surface area contributed by atoms with Gasteiger partial charge < -0.3 is 10.2 Å². The van der Waals surface area contributed by atoms with Gasteiger partial charge in [-0.05, 0) is 56.3 Å². The number of likely N-dealkylation sites (N-methyl/N-ethyl adjacent to an activating group) is 1. The highest BCUT2D eigenvalue weighted by molar-refractivity contribution is 7.91. The summed E-state index contributed by atoms with van der Waals surface area (Å²) in [4.78, 5) is 2.18. The van der Waals surface area contributed by atoms with Crippen LogP contribution in [0.25, 0.3) is 0 Å². The predicted molar refractivity (Wildman–Crippen MR) is 85.0 cm³/mol. The summed E-state index contributed by atoms with van der Waals surface area (Å²) in [6.45, 7) is 2.61. The van der Waals surface area contributed by atoms with Gasteiger partial charge in [-0.3, -0.25) is 0 Å². The summed E-state index contributed by atoms with van der Waals surface area (Å²) >= 11 is 1.31. The van der Waals surface area contributed by atoms with Crippen LogP contribution in [0.2, 0.25) is 0 Å². The van der Waals surface area contributed by atoms with Gasteiger partial charge in [0.25, 0.3) is 0 Å². The summed E-state index contributed by atoms with van der Waals surface area (Å²) in [7, 11) is -1.34. The second-order valence-electron chi connectivity index (χ2n) is 6.15. The SMILES string of the molecule is CN1CCCC(NS(=O)(=O)c2cc(CNC3CC3)cs2)C1. The molecule has 2 fully saturated rings. The third-order valence-corrected chi connectivity index (χ3v) is 7.02. The van der Waals surface area contributed by atoms with Crippen LogP contribution in [-0.4, -0.2) is 45.5 Å². The molecule has 1 aliphatic heterocycles. The van der Waals surface area contributed by atoms with Gasteiger partial charge in [0.1, 0.15) is 4.21 Å². The van der Waals surface area contributed by atoms with Crippen LogP contribution in [0.15, 0.2) is 15.7 Å². The van der Waals surface area contributed by atoms with E-state index in [1.165, 1.54) is 24.2 Å². The van der Waals surface area contributed by atoms with Crippen LogP contribution >= 0.6 is 11.3 Å². The molecule has 2 heterocycles. The molecule has 1 aliphatic carbocycles. The van der Waals surface area contributed by atoms with Crippen molar-refractivity contribution in [2.24, 2.45) is 0 Å². The maximum Gasteiger partial charge on any atom is 0.250 e. The van der Waals surface area contributed by atoms with Crippen molar-refractivity contribution < 1.29 is 8.42 Å². The molecule has 0 amide bonds. The van der Waals surface area contributed by atoms with E-state index < -0.39 is 10.0 Å². The van der Waals surface area contributed by atoms with Gasteiger partial charge in [0, 0.05) is 25.2 Å². The van der Waals surface area contributed by atoms with Gasteiger partial charge in [0.05, 0.1) is 0 Å². The number of piperidine rings is 1. The standard InChI is InChI=1S/C14H23N3O2S2/c1-17-6-2-3-13(9-17)16-21(18,19)14-7-11(10-20-14)8-15-12-4-5-12/h7,10,12-13,15-16H,2-6,8-9H2,1H3. The van der Waals surface area contributed by atoms with Crippen molar-refractivity contribution in [2.45, 2.75) is 48.5 Å². The lowest BCUT2D eigenvalue weighted by Crippen LogP contribution is -2.46. The lowest BCUT2D eigenvalue weighted by atomic mass is 10.1. The molecule has 118 valence electrons. The number of hydrogen-bond acceptors (Lipinski definition) is 5. The van der Waals surface area contributed by atoms with Crippen LogP contribution in [0.1, 0.15) is 31.2 Å². The molecular formula is C14H23N3O2S2. The zero-order valence-electron chi connectivity index (χ0n) is 12.3. The normalized spacial score (nSPS) is 24.3. The van der Waals surface area contributed by atoms with Crippen molar-refractivity contribution in [3.05, 3.63) is 17.0 Å². The van der Waals surface area contributed by atoms with E-state index in [1.54, 1.807) is 6.07 Å². The average Bonchev–Trinajstić information content (AvgIpc) is 3.12. The fourth-order valence-corrected chi connectivity index (χ4v) is 5.16. The van der Waals surface area contributed by atoms with Gasteiger partial charge in [0.15, 0.2) is 0 Å². The number of nitrogens with zero attached hydrogens (tertiary/aromatic N) is 1. The Labute approximate surface area is 130 Å². The van der Waals surface area contributed by atoms with Crippen LogP contribution in [0.4, 0.5) is 0 Å². The predicted octanol–water partition coefficient (Wildman–Crippen LogP) is 1.37. The van der Waals surface area contributed by atoms with E-state index in [0.29, 0.717) is 10.3 Å². The van der Waals surface area contributed by atoms with E-state index in [-0.39, 0.29) is 6.04 Å². The lowest BCUT2D eigenvalue weighted by molar-refractivity contribution is 0.242. The number of likely N-dealkylation sites (tertiary alicyclic amines) is 1. The first-order valence-corrected chi connectivity index (χ1v) is 9.91. The molecule has 1 unspecified atom stereocenters. The lowest BCUT2D eigenvalue weighted by Gasteiger charge is -2.29.